The number of carbonyl (C=O) groups excluding carboxylic acids is 1. The largest absolute Gasteiger partial charge is 0.313 e. The smallest absolute Gasteiger partial charge is 0.176 e. The van der Waals surface area contributed by atoms with Gasteiger partial charge >= 0.3 is 0 Å². The molecule has 3 nitrogen and oxygen atoms in total. The van der Waals surface area contributed by atoms with E-state index in [0.29, 0.717) is 12.5 Å². The molecule has 0 aromatic heterocycles. The van der Waals surface area contributed by atoms with Gasteiger partial charge in [-0.3, -0.25) is 4.79 Å². The minimum Gasteiger partial charge on any atom is -0.313 e. The molecule has 1 aliphatic heterocycles. The minimum atomic E-state index is 0.133. The van der Waals surface area contributed by atoms with Gasteiger partial charge in [0.05, 0.1) is 6.54 Å². The van der Waals surface area contributed by atoms with Crippen LogP contribution in [0.15, 0.2) is 22.7 Å². The zero-order valence-corrected chi connectivity index (χ0v) is 12.5. The molecule has 1 aliphatic rings. The maximum atomic E-state index is 11.8. The number of likely N-dealkylation sites (N-methyl/N-ethyl adjacent to an activating group) is 2. The van der Waals surface area contributed by atoms with Gasteiger partial charge in [0.15, 0.2) is 5.78 Å². The van der Waals surface area contributed by atoms with E-state index in [1.165, 1.54) is 12.0 Å². The molecule has 0 aliphatic carbocycles. The van der Waals surface area contributed by atoms with Crippen molar-refractivity contribution < 1.29 is 4.79 Å². The Morgan fingerprint density at radius 1 is 1.56 bits per heavy atom. The van der Waals surface area contributed by atoms with E-state index >= 15 is 0 Å². The molecule has 1 unspecified atom stereocenters. The van der Waals surface area contributed by atoms with E-state index < -0.39 is 0 Å². The lowest BCUT2D eigenvalue weighted by Gasteiger charge is -2.13. The molecule has 0 amide bonds. The highest BCUT2D eigenvalue weighted by atomic mass is 79.9. The van der Waals surface area contributed by atoms with Crippen molar-refractivity contribution in [3.8, 4) is 0 Å². The summed E-state index contributed by atoms with van der Waals surface area (Å²) in [6.45, 7) is 2.64. The van der Waals surface area contributed by atoms with Crippen LogP contribution in [0.1, 0.15) is 28.3 Å². The molecule has 1 aromatic carbocycles. The van der Waals surface area contributed by atoms with Crippen molar-refractivity contribution in [3.05, 3.63) is 33.8 Å². The van der Waals surface area contributed by atoms with Crippen LogP contribution in [0.2, 0.25) is 0 Å². The van der Waals surface area contributed by atoms with Gasteiger partial charge in [-0.1, -0.05) is 28.1 Å². The van der Waals surface area contributed by atoms with Crippen LogP contribution in [0, 0.1) is 0 Å². The van der Waals surface area contributed by atoms with E-state index in [4.69, 9.17) is 0 Å². The first kappa shape index (κ1) is 13.7. The van der Waals surface area contributed by atoms with Crippen molar-refractivity contribution in [3.63, 3.8) is 0 Å². The quantitative estimate of drug-likeness (QED) is 0.866. The third-order valence-electron chi connectivity index (χ3n) is 3.49. The second-order valence-electron chi connectivity index (χ2n) is 4.94. The zero-order valence-electron chi connectivity index (χ0n) is 10.9. The van der Waals surface area contributed by atoms with E-state index in [0.717, 1.165) is 23.1 Å². The van der Waals surface area contributed by atoms with Crippen molar-refractivity contribution in [2.45, 2.75) is 12.3 Å². The number of hydrogen-bond acceptors (Lipinski definition) is 3. The van der Waals surface area contributed by atoms with E-state index in [1.807, 2.05) is 12.1 Å². The Kier molecular flexibility index (Phi) is 4.54. The first-order chi connectivity index (χ1) is 8.61. The van der Waals surface area contributed by atoms with Crippen molar-refractivity contribution in [1.82, 2.24) is 10.2 Å². The highest BCUT2D eigenvalue weighted by Gasteiger charge is 2.23. The molecule has 4 heteroatoms. The monoisotopic (exact) mass is 310 g/mol. The molecule has 1 fully saturated rings. The van der Waals surface area contributed by atoms with Crippen molar-refractivity contribution in [2.75, 3.05) is 33.7 Å². The Balaban J connectivity index is 2.17. The third kappa shape index (κ3) is 2.99. The van der Waals surface area contributed by atoms with Gasteiger partial charge in [-0.25, -0.2) is 0 Å². The number of Topliss-reactive ketones (excluding diaryl/α,β-unsaturated/α-hetero) is 1. The van der Waals surface area contributed by atoms with Crippen LogP contribution in [0.3, 0.4) is 0 Å². The lowest BCUT2D eigenvalue weighted by atomic mass is 9.96. The number of rotatable bonds is 4. The fourth-order valence-corrected chi connectivity index (χ4v) is 3.19. The number of benzene rings is 1. The van der Waals surface area contributed by atoms with Gasteiger partial charge in [-0.15, -0.1) is 0 Å². The molecular weight excluding hydrogens is 292 g/mol. The molecule has 98 valence electrons. The standard InChI is InChI=1S/C14H19BrN2O/c1-16-8-14(18)10-3-4-12(13(15)7-10)11-5-6-17(2)9-11/h3-4,7,11,16H,5-6,8-9H2,1-2H3. The topological polar surface area (TPSA) is 32.3 Å². The first-order valence-electron chi connectivity index (χ1n) is 6.27. The summed E-state index contributed by atoms with van der Waals surface area (Å²) in [5, 5.41) is 2.89. The van der Waals surface area contributed by atoms with Gasteiger partial charge in [-0.05, 0) is 44.6 Å². The number of ketones is 1. The molecule has 0 radical (unpaired) electrons. The molecular formula is C14H19BrN2O. The molecule has 1 N–H and O–H groups in total. The van der Waals surface area contributed by atoms with Gasteiger partial charge in [0.25, 0.3) is 0 Å². The third-order valence-corrected chi connectivity index (χ3v) is 4.18. The number of nitrogens with zero attached hydrogens (tertiary/aromatic N) is 1. The molecule has 18 heavy (non-hydrogen) atoms. The van der Waals surface area contributed by atoms with E-state index in [1.54, 1.807) is 7.05 Å². The summed E-state index contributed by atoms with van der Waals surface area (Å²) in [7, 11) is 3.94. The Hall–Kier alpha value is -0.710. The lowest BCUT2D eigenvalue weighted by Crippen LogP contribution is -2.18. The Morgan fingerprint density at radius 3 is 2.89 bits per heavy atom. The van der Waals surface area contributed by atoms with Crippen molar-refractivity contribution in [1.29, 1.82) is 0 Å². The average molecular weight is 311 g/mol. The van der Waals surface area contributed by atoms with E-state index in [2.05, 4.69) is 39.3 Å². The highest BCUT2D eigenvalue weighted by Crippen LogP contribution is 2.32. The summed E-state index contributed by atoms with van der Waals surface area (Å²) in [6, 6.07) is 5.99. The van der Waals surface area contributed by atoms with Crippen LogP contribution < -0.4 is 5.32 Å². The van der Waals surface area contributed by atoms with Crippen LogP contribution in [0.5, 0.6) is 0 Å². The summed E-state index contributed by atoms with van der Waals surface area (Å²) in [6.07, 6.45) is 1.19. The molecule has 2 rings (SSSR count). The van der Waals surface area contributed by atoms with Crippen LogP contribution in [-0.4, -0.2) is 44.4 Å². The number of halogens is 1. The maximum absolute atomic E-state index is 11.8. The molecule has 1 heterocycles. The normalized spacial score (nSPS) is 20.3. The average Bonchev–Trinajstić information content (AvgIpc) is 2.76. The molecule has 1 atom stereocenters. The minimum absolute atomic E-state index is 0.133. The summed E-state index contributed by atoms with van der Waals surface area (Å²) < 4.78 is 1.06. The zero-order chi connectivity index (χ0) is 13.1. The van der Waals surface area contributed by atoms with E-state index in [-0.39, 0.29) is 5.78 Å². The Bertz CT molecular complexity index is 447. The summed E-state index contributed by atoms with van der Waals surface area (Å²) in [4.78, 5) is 14.1. The molecule has 1 saturated heterocycles. The van der Waals surface area contributed by atoms with Crippen LogP contribution in [0.4, 0.5) is 0 Å². The molecule has 0 saturated carbocycles. The van der Waals surface area contributed by atoms with Gasteiger partial charge < -0.3 is 10.2 Å². The fourth-order valence-electron chi connectivity index (χ4n) is 2.48. The second kappa shape index (κ2) is 5.95. The van der Waals surface area contributed by atoms with Crippen molar-refractivity contribution >= 4 is 21.7 Å². The Labute approximate surface area is 117 Å². The lowest BCUT2D eigenvalue weighted by molar-refractivity contribution is 0.0993. The number of hydrogen-bond donors (Lipinski definition) is 1. The number of carbonyl (C=O) groups is 1. The molecule has 1 aromatic rings. The van der Waals surface area contributed by atoms with Gasteiger partial charge in [0.1, 0.15) is 0 Å². The second-order valence-corrected chi connectivity index (χ2v) is 5.79. The Morgan fingerprint density at radius 2 is 2.33 bits per heavy atom. The number of nitrogens with one attached hydrogen (secondary N) is 1. The highest BCUT2D eigenvalue weighted by molar-refractivity contribution is 9.10. The number of likely N-dealkylation sites (tertiary alicyclic amines) is 1. The SMILES string of the molecule is CNCC(=O)c1ccc(C2CCN(C)C2)c(Br)c1. The van der Waals surface area contributed by atoms with Crippen LogP contribution in [-0.2, 0) is 0 Å². The summed E-state index contributed by atoms with van der Waals surface area (Å²) >= 11 is 3.61. The maximum Gasteiger partial charge on any atom is 0.176 e. The van der Waals surface area contributed by atoms with Gasteiger partial charge in [-0.2, -0.15) is 0 Å². The van der Waals surface area contributed by atoms with Crippen LogP contribution >= 0.6 is 15.9 Å². The molecule has 0 spiro atoms. The van der Waals surface area contributed by atoms with Gasteiger partial charge in [0, 0.05) is 16.6 Å². The van der Waals surface area contributed by atoms with E-state index in [9.17, 15) is 4.79 Å². The summed E-state index contributed by atoms with van der Waals surface area (Å²) in [5.41, 5.74) is 2.09. The first-order valence-corrected chi connectivity index (χ1v) is 7.07. The van der Waals surface area contributed by atoms with Gasteiger partial charge in [0.2, 0.25) is 0 Å². The predicted molar refractivity (Wildman–Crippen MR) is 77.3 cm³/mol. The molecule has 0 bridgehead atoms. The summed E-state index contributed by atoms with van der Waals surface area (Å²) in [5.74, 6) is 0.714. The van der Waals surface area contributed by atoms with Crippen LogP contribution in [0.25, 0.3) is 0 Å². The predicted octanol–water partition coefficient (Wildman–Crippen LogP) is 2.27. The van der Waals surface area contributed by atoms with Crippen molar-refractivity contribution in [2.24, 2.45) is 0 Å². The fraction of sp³-hybridized carbons (Fsp3) is 0.500.